The van der Waals surface area contributed by atoms with Crippen LogP contribution in [0.5, 0.6) is 0 Å². The minimum absolute atomic E-state index is 0. The SMILES string of the molecule is C[PH+](C)C.C[PH+](C)C.[CH2-]C(C)(C)c1[c-]cccc1.[Ni+2]. The maximum atomic E-state index is 4.01. The average molecular weight is 345 g/mol. The second kappa shape index (κ2) is 13.6. The fourth-order valence-corrected chi connectivity index (χ4v) is 0.814. The van der Waals surface area contributed by atoms with Crippen LogP contribution in [0, 0.1) is 13.0 Å². The van der Waals surface area contributed by atoms with Crippen molar-refractivity contribution in [2.24, 2.45) is 0 Å². The Balaban J connectivity index is -0.000000242. The fraction of sp³-hybridized carbons (Fsp3) is 0.562. The quantitative estimate of drug-likeness (QED) is 0.391. The van der Waals surface area contributed by atoms with Crippen molar-refractivity contribution in [2.75, 3.05) is 40.0 Å². The molecule has 0 aliphatic rings. The average Bonchev–Trinajstić information content (AvgIpc) is 2.16. The summed E-state index contributed by atoms with van der Waals surface area (Å²) in [6.45, 7) is 21.8. The summed E-state index contributed by atoms with van der Waals surface area (Å²) < 4.78 is 0. The van der Waals surface area contributed by atoms with Gasteiger partial charge in [-0.1, -0.05) is 13.8 Å². The summed E-state index contributed by atoms with van der Waals surface area (Å²) in [5.41, 5.74) is 1.15. The van der Waals surface area contributed by atoms with E-state index in [1.807, 2.05) is 24.3 Å². The number of hydrogen-bond donors (Lipinski definition) is 0. The summed E-state index contributed by atoms with van der Waals surface area (Å²) in [5, 5.41) is 0. The zero-order chi connectivity index (χ0) is 14.8. The summed E-state index contributed by atoms with van der Waals surface area (Å²) in [6.07, 6.45) is 0. The molecule has 0 N–H and O–H groups in total. The zero-order valence-corrected chi connectivity index (χ0v) is 16.8. The smallest absolute Gasteiger partial charge is 0.335 e. The summed E-state index contributed by atoms with van der Waals surface area (Å²) in [5.74, 6) is 0. The topological polar surface area (TPSA) is 0 Å². The van der Waals surface area contributed by atoms with Crippen LogP contribution in [0.3, 0.4) is 0 Å². The number of rotatable bonds is 1. The van der Waals surface area contributed by atoms with E-state index in [0.29, 0.717) is 0 Å². The summed E-state index contributed by atoms with van der Waals surface area (Å²) in [6, 6.07) is 11.1. The van der Waals surface area contributed by atoms with Crippen LogP contribution in [0.25, 0.3) is 0 Å². The van der Waals surface area contributed by atoms with Gasteiger partial charge in [-0.3, -0.25) is 0 Å². The molecule has 0 nitrogen and oxygen atoms in total. The number of hydrogen-bond acceptors (Lipinski definition) is 0. The van der Waals surface area contributed by atoms with Gasteiger partial charge in [-0.05, 0) is 15.8 Å². The first-order valence-corrected chi connectivity index (χ1v) is 12.4. The van der Waals surface area contributed by atoms with Crippen molar-refractivity contribution in [1.29, 1.82) is 0 Å². The van der Waals surface area contributed by atoms with Crippen molar-refractivity contribution in [2.45, 2.75) is 19.3 Å². The van der Waals surface area contributed by atoms with Crippen molar-refractivity contribution in [3.63, 3.8) is 0 Å². The summed E-state index contributed by atoms with van der Waals surface area (Å²) >= 11 is 0. The minimum Gasteiger partial charge on any atom is -0.335 e. The van der Waals surface area contributed by atoms with E-state index in [0.717, 1.165) is 5.56 Å². The van der Waals surface area contributed by atoms with Crippen molar-refractivity contribution >= 4 is 15.8 Å². The van der Waals surface area contributed by atoms with E-state index < -0.39 is 0 Å². The van der Waals surface area contributed by atoms with E-state index in [9.17, 15) is 0 Å². The van der Waals surface area contributed by atoms with Crippen molar-refractivity contribution in [1.82, 2.24) is 0 Å². The van der Waals surface area contributed by atoms with Gasteiger partial charge in [-0.15, -0.1) is 0 Å². The Morgan fingerprint density at radius 2 is 1.32 bits per heavy atom. The van der Waals surface area contributed by atoms with E-state index in [1.165, 1.54) is 0 Å². The molecule has 1 rings (SSSR count). The third kappa shape index (κ3) is 24.0. The maximum absolute atomic E-state index is 4.01. The van der Waals surface area contributed by atoms with Crippen LogP contribution >= 0.6 is 15.8 Å². The second-order valence-corrected chi connectivity index (χ2v) is 12.2. The van der Waals surface area contributed by atoms with Crippen molar-refractivity contribution < 1.29 is 16.5 Å². The fourth-order valence-electron chi connectivity index (χ4n) is 0.814. The maximum Gasteiger partial charge on any atom is 2.00 e. The first-order valence-electron chi connectivity index (χ1n) is 6.43. The molecule has 0 aliphatic carbocycles. The predicted octanol–water partition coefficient (Wildman–Crippen LogP) is 4.78. The van der Waals surface area contributed by atoms with Gasteiger partial charge in [0.1, 0.15) is 0 Å². The molecule has 0 aromatic heterocycles. The van der Waals surface area contributed by atoms with E-state index >= 15 is 0 Å². The van der Waals surface area contributed by atoms with E-state index in [1.54, 1.807) is 0 Å². The number of benzene rings is 1. The van der Waals surface area contributed by atoms with Gasteiger partial charge < -0.3 is 6.92 Å². The van der Waals surface area contributed by atoms with E-state index in [4.69, 9.17) is 0 Å². The largest absolute Gasteiger partial charge is 2.00 e. The molecule has 0 radical (unpaired) electrons. The molecule has 0 aliphatic heterocycles. The Morgan fingerprint density at radius 3 is 1.47 bits per heavy atom. The van der Waals surface area contributed by atoms with Crippen molar-refractivity contribution in [3.8, 4) is 0 Å². The van der Waals surface area contributed by atoms with Crippen LogP contribution < -0.4 is 0 Å². The molecule has 0 heterocycles. The molecule has 0 bridgehead atoms. The van der Waals surface area contributed by atoms with Crippen LogP contribution in [0.15, 0.2) is 24.3 Å². The third-order valence-electron chi connectivity index (χ3n) is 1.44. The van der Waals surface area contributed by atoms with Gasteiger partial charge in [0, 0.05) is 40.0 Å². The Kier molecular flexibility index (Phi) is 17.5. The Morgan fingerprint density at radius 1 is 0.947 bits per heavy atom. The molecule has 0 saturated heterocycles. The minimum atomic E-state index is -0.0126. The molecule has 1 aromatic rings. The molecule has 0 fully saturated rings. The van der Waals surface area contributed by atoms with Gasteiger partial charge in [-0.25, -0.2) is 0 Å². The first-order chi connectivity index (χ1) is 8.07. The van der Waals surface area contributed by atoms with Gasteiger partial charge in [-0.2, -0.15) is 41.3 Å². The van der Waals surface area contributed by atoms with E-state index in [2.05, 4.69) is 66.8 Å². The van der Waals surface area contributed by atoms with Gasteiger partial charge in [0.15, 0.2) is 0 Å². The van der Waals surface area contributed by atoms with Gasteiger partial charge in [0.25, 0.3) is 0 Å². The summed E-state index contributed by atoms with van der Waals surface area (Å²) in [7, 11) is 0.241. The second-order valence-electron chi connectivity index (χ2n) is 6.16. The normalized spacial score (nSPS) is 9.84. The molecule has 3 heteroatoms. The summed E-state index contributed by atoms with van der Waals surface area (Å²) in [4.78, 5) is 0. The monoisotopic (exact) mass is 344 g/mol. The van der Waals surface area contributed by atoms with Crippen LogP contribution in [-0.2, 0) is 21.9 Å². The molecule has 1 aromatic carbocycles. The predicted molar refractivity (Wildman–Crippen MR) is 95.8 cm³/mol. The first kappa shape index (κ1) is 24.6. The standard InChI is InChI=1S/C10H12.2C3H9P.Ni/c1-10(2,3)9-7-5-4-6-8-9;2*1-4(2)3;/h4-7H,1H2,2-3H3;2*1-3H3;/q-2;;;+2/p+2. The Labute approximate surface area is 134 Å². The molecular formula is C16H32NiP2+2. The van der Waals surface area contributed by atoms with Crippen LogP contribution in [0.2, 0.25) is 0 Å². The molecule has 114 valence electrons. The Hall–Kier alpha value is 0.574. The van der Waals surface area contributed by atoms with Crippen LogP contribution in [-0.4, -0.2) is 40.0 Å². The molecule has 19 heavy (non-hydrogen) atoms. The molecule has 0 saturated carbocycles. The van der Waals surface area contributed by atoms with E-state index in [-0.39, 0.29) is 37.7 Å². The molecule has 0 atom stereocenters. The van der Waals surface area contributed by atoms with Crippen LogP contribution in [0.1, 0.15) is 19.4 Å². The van der Waals surface area contributed by atoms with Gasteiger partial charge in [0.2, 0.25) is 0 Å². The zero-order valence-electron chi connectivity index (χ0n) is 13.8. The molecule has 0 spiro atoms. The van der Waals surface area contributed by atoms with Crippen molar-refractivity contribution in [3.05, 3.63) is 42.8 Å². The molecule has 0 unspecified atom stereocenters. The van der Waals surface area contributed by atoms with Crippen LogP contribution in [0.4, 0.5) is 0 Å². The van der Waals surface area contributed by atoms with Gasteiger partial charge in [0.05, 0.1) is 0 Å². The molecule has 0 amide bonds. The Bertz CT molecular complexity index is 265. The van der Waals surface area contributed by atoms with Gasteiger partial charge >= 0.3 is 16.5 Å². The molecular weight excluding hydrogens is 313 g/mol. The third-order valence-corrected chi connectivity index (χ3v) is 1.44.